The van der Waals surface area contributed by atoms with Crippen LogP contribution in [-0.4, -0.2) is 49.1 Å². The summed E-state index contributed by atoms with van der Waals surface area (Å²) in [6.45, 7) is 3.67. The van der Waals surface area contributed by atoms with Gasteiger partial charge in [0.2, 0.25) is 5.88 Å². The van der Waals surface area contributed by atoms with Crippen LogP contribution < -0.4 is 10.1 Å². The summed E-state index contributed by atoms with van der Waals surface area (Å²) in [5, 5.41) is 2.99. The van der Waals surface area contributed by atoms with E-state index in [1.165, 1.54) is 18.4 Å². The van der Waals surface area contributed by atoms with Crippen molar-refractivity contribution in [1.82, 2.24) is 15.2 Å². The monoisotopic (exact) mass is 339 g/mol. The first-order valence-corrected chi connectivity index (χ1v) is 8.82. The topological polar surface area (TPSA) is 54.5 Å². The highest BCUT2D eigenvalue weighted by molar-refractivity contribution is 5.94. The number of benzene rings is 1. The second-order valence-corrected chi connectivity index (χ2v) is 6.39. The number of methoxy groups -OCH3 is 1. The SMILES string of the molecule is COc1cc(C(=O)NCCN2CCCC(c3ccccc3)C2)ccn1. The number of hydrogen-bond donors (Lipinski definition) is 1. The number of carbonyl (C=O) groups excluding carboxylic acids is 1. The van der Waals surface area contributed by atoms with Gasteiger partial charge in [-0.2, -0.15) is 0 Å². The fourth-order valence-corrected chi connectivity index (χ4v) is 3.35. The maximum absolute atomic E-state index is 12.2. The maximum Gasteiger partial charge on any atom is 0.251 e. The highest BCUT2D eigenvalue weighted by atomic mass is 16.5. The van der Waals surface area contributed by atoms with Gasteiger partial charge in [-0.05, 0) is 36.9 Å². The van der Waals surface area contributed by atoms with E-state index in [0.29, 0.717) is 23.9 Å². The van der Waals surface area contributed by atoms with Crippen molar-refractivity contribution in [2.24, 2.45) is 0 Å². The first-order chi connectivity index (χ1) is 12.3. The van der Waals surface area contributed by atoms with Crippen molar-refractivity contribution in [3.05, 3.63) is 59.8 Å². The lowest BCUT2D eigenvalue weighted by Crippen LogP contribution is -2.40. The van der Waals surface area contributed by atoms with E-state index in [1.807, 2.05) is 0 Å². The number of likely N-dealkylation sites (tertiary alicyclic amines) is 1. The molecular formula is C20H25N3O2. The number of rotatable bonds is 6. The van der Waals surface area contributed by atoms with Gasteiger partial charge in [-0.25, -0.2) is 4.98 Å². The predicted molar refractivity (Wildman–Crippen MR) is 98.0 cm³/mol. The number of carbonyl (C=O) groups is 1. The van der Waals surface area contributed by atoms with Gasteiger partial charge in [0.15, 0.2) is 0 Å². The summed E-state index contributed by atoms with van der Waals surface area (Å²) >= 11 is 0. The number of nitrogens with one attached hydrogen (secondary N) is 1. The van der Waals surface area contributed by atoms with Crippen LogP contribution in [0.15, 0.2) is 48.7 Å². The molecule has 1 aromatic heterocycles. The minimum absolute atomic E-state index is 0.0858. The zero-order chi connectivity index (χ0) is 17.5. The number of ether oxygens (including phenoxy) is 1. The Morgan fingerprint density at radius 3 is 2.96 bits per heavy atom. The minimum Gasteiger partial charge on any atom is -0.481 e. The molecule has 1 aliphatic heterocycles. The lowest BCUT2D eigenvalue weighted by atomic mass is 9.91. The highest BCUT2D eigenvalue weighted by Crippen LogP contribution is 2.26. The normalized spacial score (nSPS) is 17.9. The minimum atomic E-state index is -0.0858. The number of hydrogen-bond acceptors (Lipinski definition) is 4. The van der Waals surface area contributed by atoms with Gasteiger partial charge < -0.3 is 15.0 Å². The first kappa shape index (κ1) is 17.4. The van der Waals surface area contributed by atoms with Gasteiger partial charge in [-0.1, -0.05) is 30.3 Å². The molecule has 132 valence electrons. The molecule has 1 amide bonds. The Morgan fingerprint density at radius 1 is 1.32 bits per heavy atom. The molecule has 1 unspecified atom stereocenters. The maximum atomic E-state index is 12.2. The second-order valence-electron chi connectivity index (χ2n) is 6.39. The average Bonchev–Trinajstić information content (AvgIpc) is 2.69. The van der Waals surface area contributed by atoms with Crippen LogP contribution in [-0.2, 0) is 0 Å². The van der Waals surface area contributed by atoms with Gasteiger partial charge in [-0.15, -0.1) is 0 Å². The third-order valence-electron chi connectivity index (χ3n) is 4.70. The molecule has 1 fully saturated rings. The average molecular weight is 339 g/mol. The molecule has 0 aliphatic carbocycles. The van der Waals surface area contributed by atoms with Gasteiger partial charge in [0.05, 0.1) is 7.11 Å². The summed E-state index contributed by atoms with van der Waals surface area (Å²) in [4.78, 5) is 18.7. The molecule has 1 N–H and O–H groups in total. The van der Waals surface area contributed by atoms with E-state index in [-0.39, 0.29) is 5.91 Å². The highest BCUT2D eigenvalue weighted by Gasteiger charge is 2.20. The Balaban J connectivity index is 1.47. The lowest BCUT2D eigenvalue weighted by Gasteiger charge is -2.33. The third-order valence-corrected chi connectivity index (χ3v) is 4.70. The molecule has 0 spiro atoms. The van der Waals surface area contributed by atoms with Gasteiger partial charge in [-0.3, -0.25) is 4.79 Å². The first-order valence-electron chi connectivity index (χ1n) is 8.82. The van der Waals surface area contributed by atoms with Crippen LogP contribution in [0.5, 0.6) is 5.88 Å². The Bertz CT molecular complexity index is 690. The zero-order valence-corrected chi connectivity index (χ0v) is 14.6. The largest absolute Gasteiger partial charge is 0.481 e. The number of amides is 1. The van der Waals surface area contributed by atoms with Crippen molar-refractivity contribution >= 4 is 5.91 Å². The molecule has 1 aliphatic rings. The van der Waals surface area contributed by atoms with Crippen LogP contribution >= 0.6 is 0 Å². The summed E-state index contributed by atoms with van der Waals surface area (Å²) in [7, 11) is 1.55. The van der Waals surface area contributed by atoms with Gasteiger partial charge in [0.1, 0.15) is 0 Å². The predicted octanol–water partition coefficient (Wildman–Crippen LogP) is 2.70. The van der Waals surface area contributed by atoms with Crippen molar-refractivity contribution in [2.45, 2.75) is 18.8 Å². The standard InChI is InChI=1S/C20H25N3O2/c1-25-19-14-17(9-10-21-19)20(24)22-11-13-23-12-5-8-18(15-23)16-6-3-2-4-7-16/h2-4,6-7,9-10,14,18H,5,8,11-13,15H2,1H3,(H,22,24). The quantitative estimate of drug-likeness (QED) is 0.879. The van der Waals surface area contributed by atoms with Crippen LogP contribution in [0, 0.1) is 0 Å². The van der Waals surface area contributed by atoms with E-state index in [4.69, 9.17) is 4.74 Å². The van der Waals surface area contributed by atoms with Gasteiger partial charge in [0, 0.05) is 37.5 Å². The summed E-state index contributed by atoms with van der Waals surface area (Å²) in [6.07, 6.45) is 4.03. The zero-order valence-electron chi connectivity index (χ0n) is 14.6. The fourth-order valence-electron chi connectivity index (χ4n) is 3.35. The fraction of sp³-hybridized carbons (Fsp3) is 0.400. The molecule has 1 atom stereocenters. The Hall–Kier alpha value is -2.40. The van der Waals surface area contributed by atoms with Gasteiger partial charge in [0.25, 0.3) is 5.91 Å². The molecule has 1 aromatic carbocycles. The molecule has 3 rings (SSSR count). The number of piperidine rings is 1. The smallest absolute Gasteiger partial charge is 0.251 e. The molecule has 5 heteroatoms. The van der Waals surface area contributed by atoms with E-state index in [2.05, 4.69) is 45.5 Å². The van der Waals surface area contributed by atoms with E-state index in [1.54, 1.807) is 25.4 Å². The molecule has 25 heavy (non-hydrogen) atoms. The second kappa shape index (κ2) is 8.62. The van der Waals surface area contributed by atoms with E-state index in [0.717, 1.165) is 19.6 Å². The van der Waals surface area contributed by atoms with E-state index < -0.39 is 0 Å². The summed E-state index contributed by atoms with van der Waals surface area (Å²) < 4.78 is 5.06. The Labute approximate surface area is 149 Å². The van der Waals surface area contributed by atoms with Crippen LogP contribution in [0.3, 0.4) is 0 Å². The van der Waals surface area contributed by atoms with Crippen molar-refractivity contribution in [3.63, 3.8) is 0 Å². The summed E-state index contributed by atoms with van der Waals surface area (Å²) in [5.74, 6) is 0.960. The lowest BCUT2D eigenvalue weighted by molar-refractivity contribution is 0.0945. The van der Waals surface area contributed by atoms with Gasteiger partial charge >= 0.3 is 0 Å². The van der Waals surface area contributed by atoms with E-state index >= 15 is 0 Å². The van der Waals surface area contributed by atoms with Crippen LogP contribution in [0.1, 0.15) is 34.7 Å². The molecule has 2 heterocycles. The third kappa shape index (κ3) is 4.79. The van der Waals surface area contributed by atoms with E-state index in [9.17, 15) is 4.79 Å². The van der Waals surface area contributed by atoms with Crippen molar-refractivity contribution in [2.75, 3.05) is 33.3 Å². The molecule has 0 radical (unpaired) electrons. The Morgan fingerprint density at radius 2 is 2.16 bits per heavy atom. The molecule has 0 bridgehead atoms. The van der Waals surface area contributed by atoms with Crippen molar-refractivity contribution in [3.8, 4) is 5.88 Å². The van der Waals surface area contributed by atoms with Crippen LogP contribution in [0.2, 0.25) is 0 Å². The van der Waals surface area contributed by atoms with Crippen LogP contribution in [0.25, 0.3) is 0 Å². The Kier molecular flexibility index (Phi) is 6.01. The van der Waals surface area contributed by atoms with Crippen molar-refractivity contribution in [1.29, 1.82) is 0 Å². The molecule has 0 saturated carbocycles. The number of aromatic nitrogens is 1. The summed E-state index contributed by atoms with van der Waals surface area (Å²) in [5.41, 5.74) is 1.99. The van der Waals surface area contributed by atoms with Crippen LogP contribution in [0.4, 0.5) is 0 Å². The number of nitrogens with zero attached hydrogens (tertiary/aromatic N) is 2. The molecule has 1 saturated heterocycles. The van der Waals surface area contributed by atoms with Crippen molar-refractivity contribution < 1.29 is 9.53 Å². The molecular weight excluding hydrogens is 314 g/mol. The summed E-state index contributed by atoms with van der Waals surface area (Å²) in [6, 6.07) is 14.1. The molecule has 5 nitrogen and oxygen atoms in total. The number of pyridine rings is 1. The molecule has 2 aromatic rings.